The topological polar surface area (TPSA) is 43.8 Å². The lowest BCUT2D eigenvalue weighted by molar-refractivity contribution is 0.0615. The molecule has 23 heavy (non-hydrogen) atoms. The first-order valence-electron chi connectivity index (χ1n) is 8.00. The molecule has 4 heteroatoms. The molecule has 1 saturated heterocycles. The highest BCUT2D eigenvalue weighted by molar-refractivity contribution is 5.65. The quantitative estimate of drug-likeness (QED) is 0.944. The molecule has 1 N–H and O–H groups in total. The van der Waals surface area contributed by atoms with Crippen molar-refractivity contribution in [1.29, 1.82) is 0 Å². The van der Waals surface area contributed by atoms with Crippen LogP contribution in [0.1, 0.15) is 24.1 Å². The van der Waals surface area contributed by atoms with Crippen LogP contribution >= 0.6 is 0 Å². The SMILES string of the molecule is C[C@@H]1CN(C(c2ccccc2)c2ccccc2)CCN1C(=O)O. The molecule has 0 unspecified atom stereocenters. The van der Waals surface area contributed by atoms with E-state index in [-0.39, 0.29) is 12.1 Å². The first-order chi connectivity index (χ1) is 11.2. The number of carbonyl (C=O) groups is 1. The number of piperazine rings is 1. The maximum atomic E-state index is 11.3. The Balaban J connectivity index is 1.90. The van der Waals surface area contributed by atoms with Gasteiger partial charge >= 0.3 is 6.09 Å². The molecule has 1 aliphatic rings. The fourth-order valence-corrected chi connectivity index (χ4v) is 3.39. The molecule has 0 saturated carbocycles. The van der Waals surface area contributed by atoms with Gasteiger partial charge in [0.15, 0.2) is 0 Å². The standard InChI is InChI=1S/C19H22N2O2/c1-15-14-20(12-13-21(15)19(22)23)18(16-8-4-2-5-9-16)17-10-6-3-7-11-17/h2-11,15,18H,12-14H2,1H3,(H,22,23)/t15-/m1/s1. The summed E-state index contributed by atoms with van der Waals surface area (Å²) in [6, 6.07) is 21.0. The largest absolute Gasteiger partial charge is 0.465 e. The van der Waals surface area contributed by atoms with E-state index in [0.29, 0.717) is 6.54 Å². The van der Waals surface area contributed by atoms with Crippen molar-refractivity contribution >= 4 is 6.09 Å². The van der Waals surface area contributed by atoms with E-state index in [1.807, 2.05) is 19.1 Å². The molecule has 3 rings (SSSR count). The molecule has 1 heterocycles. The van der Waals surface area contributed by atoms with Crippen molar-refractivity contribution < 1.29 is 9.90 Å². The summed E-state index contributed by atoms with van der Waals surface area (Å²) < 4.78 is 0. The highest BCUT2D eigenvalue weighted by Crippen LogP contribution is 2.30. The van der Waals surface area contributed by atoms with Crippen molar-refractivity contribution in [2.24, 2.45) is 0 Å². The van der Waals surface area contributed by atoms with Gasteiger partial charge in [-0.3, -0.25) is 4.90 Å². The molecule has 1 atom stereocenters. The number of nitrogens with zero attached hydrogens (tertiary/aromatic N) is 2. The summed E-state index contributed by atoms with van der Waals surface area (Å²) in [5.74, 6) is 0. The van der Waals surface area contributed by atoms with E-state index in [4.69, 9.17) is 0 Å². The van der Waals surface area contributed by atoms with Crippen molar-refractivity contribution in [3.05, 3.63) is 71.8 Å². The van der Waals surface area contributed by atoms with Crippen LogP contribution in [0.15, 0.2) is 60.7 Å². The van der Waals surface area contributed by atoms with Gasteiger partial charge in [-0.1, -0.05) is 60.7 Å². The maximum absolute atomic E-state index is 11.3. The van der Waals surface area contributed by atoms with Crippen LogP contribution in [0, 0.1) is 0 Å². The van der Waals surface area contributed by atoms with Gasteiger partial charge in [0.1, 0.15) is 0 Å². The molecular weight excluding hydrogens is 288 g/mol. The maximum Gasteiger partial charge on any atom is 0.407 e. The smallest absolute Gasteiger partial charge is 0.407 e. The zero-order valence-corrected chi connectivity index (χ0v) is 13.3. The lowest BCUT2D eigenvalue weighted by Crippen LogP contribution is -2.54. The zero-order chi connectivity index (χ0) is 16.2. The molecule has 1 fully saturated rings. The summed E-state index contributed by atoms with van der Waals surface area (Å²) in [5, 5.41) is 9.27. The second kappa shape index (κ2) is 6.84. The molecular formula is C19H22N2O2. The minimum absolute atomic E-state index is 0.00354. The molecule has 0 aliphatic carbocycles. The average Bonchev–Trinajstić information content (AvgIpc) is 2.57. The third-order valence-corrected chi connectivity index (χ3v) is 4.50. The Morgan fingerprint density at radius 3 is 1.96 bits per heavy atom. The van der Waals surface area contributed by atoms with Gasteiger partial charge in [-0.15, -0.1) is 0 Å². The molecule has 0 spiro atoms. The zero-order valence-electron chi connectivity index (χ0n) is 13.3. The third kappa shape index (κ3) is 3.37. The van der Waals surface area contributed by atoms with Gasteiger partial charge in [-0.2, -0.15) is 0 Å². The number of amides is 1. The van der Waals surface area contributed by atoms with Crippen molar-refractivity contribution in [2.45, 2.75) is 19.0 Å². The third-order valence-electron chi connectivity index (χ3n) is 4.50. The Hall–Kier alpha value is -2.33. The van der Waals surface area contributed by atoms with Gasteiger partial charge in [0.05, 0.1) is 6.04 Å². The predicted octanol–water partition coefficient (Wildman–Crippen LogP) is 3.46. The van der Waals surface area contributed by atoms with Crippen molar-refractivity contribution in [2.75, 3.05) is 19.6 Å². The summed E-state index contributed by atoms with van der Waals surface area (Å²) in [4.78, 5) is 15.2. The van der Waals surface area contributed by atoms with E-state index >= 15 is 0 Å². The Labute approximate surface area is 137 Å². The average molecular weight is 310 g/mol. The van der Waals surface area contributed by atoms with Crippen molar-refractivity contribution in [3.63, 3.8) is 0 Å². The van der Waals surface area contributed by atoms with Crippen LogP contribution < -0.4 is 0 Å². The van der Waals surface area contributed by atoms with E-state index in [9.17, 15) is 9.90 Å². The molecule has 0 bridgehead atoms. The van der Waals surface area contributed by atoms with Gasteiger partial charge in [0.2, 0.25) is 0 Å². The Bertz CT molecular complexity index is 605. The Morgan fingerprint density at radius 2 is 1.52 bits per heavy atom. The van der Waals surface area contributed by atoms with Gasteiger partial charge < -0.3 is 10.0 Å². The number of hydrogen-bond acceptors (Lipinski definition) is 2. The number of benzene rings is 2. The fraction of sp³-hybridized carbons (Fsp3) is 0.316. The summed E-state index contributed by atoms with van der Waals surface area (Å²) in [5.41, 5.74) is 2.49. The van der Waals surface area contributed by atoms with Crippen LogP contribution in [0.5, 0.6) is 0 Å². The molecule has 4 nitrogen and oxygen atoms in total. The van der Waals surface area contributed by atoms with E-state index in [0.717, 1.165) is 13.1 Å². The van der Waals surface area contributed by atoms with Gasteiger partial charge in [-0.25, -0.2) is 4.79 Å². The monoisotopic (exact) mass is 310 g/mol. The second-order valence-corrected chi connectivity index (χ2v) is 6.04. The first-order valence-corrected chi connectivity index (χ1v) is 8.00. The molecule has 1 aliphatic heterocycles. The van der Waals surface area contributed by atoms with Crippen LogP contribution in [0.4, 0.5) is 4.79 Å². The fourth-order valence-electron chi connectivity index (χ4n) is 3.39. The van der Waals surface area contributed by atoms with Crippen LogP contribution in [0.2, 0.25) is 0 Å². The molecule has 0 aromatic heterocycles. The van der Waals surface area contributed by atoms with Gasteiger partial charge in [-0.05, 0) is 18.1 Å². The Kier molecular flexibility index (Phi) is 4.63. The van der Waals surface area contributed by atoms with E-state index in [1.54, 1.807) is 0 Å². The van der Waals surface area contributed by atoms with Crippen molar-refractivity contribution in [3.8, 4) is 0 Å². The number of hydrogen-bond donors (Lipinski definition) is 1. The minimum Gasteiger partial charge on any atom is -0.465 e. The first kappa shape index (κ1) is 15.6. The molecule has 2 aromatic carbocycles. The predicted molar refractivity (Wildman–Crippen MR) is 90.5 cm³/mol. The minimum atomic E-state index is -0.826. The Morgan fingerprint density at radius 1 is 1.00 bits per heavy atom. The van der Waals surface area contributed by atoms with Gasteiger partial charge in [0, 0.05) is 25.7 Å². The number of rotatable bonds is 3. The summed E-state index contributed by atoms with van der Waals surface area (Å²) in [6.45, 7) is 4.01. The van der Waals surface area contributed by atoms with Crippen LogP contribution in [-0.4, -0.2) is 46.7 Å². The molecule has 0 radical (unpaired) electrons. The highest BCUT2D eigenvalue weighted by atomic mass is 16.4. The van der Waals surface area contributed by atoms with Crippen LogP contribution in [0.25, 0.3) is 0 Å². The normalized spacial score (nSPS) is 19.0. The molecule has 2 aromatic rings. The number of carboxylic acid groups (broad SMARTS) is 1. The molecule has 120 valence electrons. The lowest BCUT2D eigenvalue weighted by atomic mass is 9.95. The van der Waals surface area contributed by atoms with Crippen LogP contribution in [0.3, 0.4) is 0 Å². The summed E-state index contributed by atoms with van der Waals surface area (Å²) in [6.07, 6.45) is -0.826. The van der Waals surface area contributed by atoms with E-state index < -0.39 is 6.09 Å². The van der Waals surface area contributed by atoms with E-state index in [2.05, 4.69) is 53.4 Å². The summed E-state index contributed by atoms with van der Waals surface area (Å²) in [7, 11) is 0. The molecule has 1 amide bonds. The summed E-state index contributed by atoms with van der Waals surface area (Å²) >= 11 is 0. The second-order valence-electron chi connectivity index (χ2n) is 6.04. The van der Waals surface area contributed by atoms with Gasteiger partial charge in [0.25, 0.3) is 0 Å². The van der Waals surface area contributed by atoms with Crippen molar-refractivity contribution in [1.82, 2.24) is 9.80 Å². The highest BCUT2D eigenvalue weighted by Gasteiger charge is 2.32. The lowest BCUT2D eigenvalue weighted by Gasteiger charge is -2.42. The van der Waals surface area contributed by atoms with E-state index in [1.165, 1.54) is 16.0 Å². The van der Waals surface area contributed by atoms with Crippen LogP contribution in [-0.2, 0) is 0 Å².